The molecule has 0 aliphatic heterocycles. The Balaban J connectivity index is 2.39. The van der Waals surface area contributed by atoms with E-state index in [1.54, 1.807) is 24.1 Å². The van der Waals surface area contributed by atoms with Crippen molar-refractivity contribution in [1.29, 1.82) is 5.26 Å². The topological polar surface area (TPSA) is 87.0 Å². The largest absolute Gasteiger partial charge is 0.424 e. The lowest BCUT2D eigenvalue weighted by atomic mass is 10.1. The summed E-state index contributed by atoms with van der Waals surface area (Å²) < 4.78 is 5.70. The monoisotopic (exact) mass is 284 g/mol. The molecule has 1 aromatic heterocycles. The van der Waals surface area contributed by atoms with Crippen LogP contribution in [0, 0.1) is 18.3 Å². The maximum atomic E-state index is 8.95. The first-order chi connectivity index (χ1) is 10.0. The highest BCUT2D eigenvalue weighted by molar-refractivity contribution is 5.44. The van der Waals surface area contributed by atoms with E-state index in [1.807, 2.05) is 27.1 Å². The Morgan fingerprint density at radius 3 is 2.62 bits per heavy atom. The number of ether oxygens (including phenoxy) is 1. The molecule has 0 amide bonds. The molecule has 0 aliphatic rings. The van der Waals surface area contributed by atoms with Crippen molar-refractivity contribution < 1.29 is 4.74 Å². The summed E-state index contributed by atoms with van der Waals surface area (Å²) in [5, 5.41) is 11.8. The lowest BCUT2D eigenvalue weighted by Crippen LogP contribution is -2.15. The second kappa shape index (κ2) is 6.05. The Labute approximate surface area is 123 Å². The maximum Gasteiger partial charge on any atom is 0.328 e. The van der Waals surface area contributed by atoms with E-state index >= 15 is 0 Å². The molecular formula is C14H16N6O. The minimum atomic E-state index is 0.177. The number of hydrogen-bond acceptors (Lipinski definition) is 7. The molecular weight excluding hydrogens is 268 g/mol. The van der Waals surface area contributed by atoms with Crippen LogP contribution in [0.1, 0.15) is 11.1 Å². The van der Waals surface area contributed by atoms with Crippen LogP contribution in [-0.2, 0) is 0 Å². The standard InChI is InChI=1S/C14H16N6O/c1-9-5-6-10(8-15)7-11(9)21-14-18-12(16-2)17-13(19-14)20(3)4/h5-7H,1-4H3,(H,16,17,18,19). The molecule has 7 nitrogen and oxygen atoms in total. The number of aryl methyl sites for hydroxylation is 1. The van der Waals surface area contributed by atoms with Gasteiger partial charge in [0.2, 0.25) is 11.9 Å². The number of nitriles is 1. The molecule has 0 saturated heterocycles. The lowest BCUT2D eigenvalue weighted by molar-refractivity contribution is 0.437. The van der Waals surface area contributed by atoms with Gasteiger partial charge in [-0.1, -0.05) is 6.07 Å². The van der Waals surface area contributed by atoms with Crippen LogP contribution in [0.5, 0.6) is 11.8 Å². The average Bonchev–Trinajstić information content (AvgIpc) is 2.49. The minimum Gasteiger partial charge on any atom is -0.424 e. The third kappa shape index (κ3) is 3.36. The molecule has 0 saturated carbocycles. The van der Waals surface area contributed by atoms with Gasteiger partial charge in [0.15, 0.2) is 0 Å². The number of rotatable bonds is 4. The van der Waals surface area contributed by atoms with Gasteiger partial charge in [-0.25, -0.2) is 0 Å². The number of aromatic nitrogens is 3. The SMILES string of the molecule is CNc1nc(Oc2cc(C#N)ccc2C)nc(N(C)C)n1. The molecule has 0 unspecified atom stereocenters. The van der Waals surface area contributed by atoms with Gasteiger partial charge in [0, 0.05) is 21.1 Å². The number of nitrogens with zero attached hydrogens (tertiary/aromatic N) is 5. The highest BCUT2D eigenvalue weighted by atomic mass is 16.5. The van der Waals surface area contributed by atoms with Gasteiger partial charge in [-0.05, 0) is 24.6 Å². The van der Waals surface area contributed by atoms with Gasteiger partial charge in [0.1, 0.15) is 5.75 Å². The van der Waals surface area contributed by atoms with Crippen LogP contribution in [0.3, 0.4) is 0 Å². The van der Waals surface area contributed by atoms with E-state index in [2.05, 4.69) is 26.3 Å². The van der Waals surface area contributed by atoms with Crippen molar-refractivity contribution in [3.63, 3.8) is 0 Å². The lowest BCUT2D eigenvalue weighted by Gasteiger charge is -2.13. The summed E-state index contributed by atoms with van der Waals surface area (Å²) in [7, 11) is 5.39. The second-order valence-electron chi connectivity index (χ2n) is 4.58. The normalized spacial score (nSPS) is 9.86. The molecule has 7 heteroatoms. The summed E-state index contributed by atoms with van der Waals surface area (Å²) in [4.78, 5) is 14.4. The molecule has 2 rings (SSSR count). The quantitative estimate of drug-likeness (QED) is 0.918. The summed E-state index contributed by atoms with van der Waals surface area (Å²) in [5.41, 5.74) is 1.41. The van der Waals surface area contributed by atoms with Crippen molar-refractivity contribution in [2.75, 3.05) is 31.4 Å². The fourth-order valence-electron chi connectivity index (χ4n) is 1.58. The molecule has 2 aromatic rings. The van der Waals surface area contributed by atoms with Gasteiger partial charge < -0.3 is 15.0 Å². The van der Waals surface area contributed by atoms with Gasteiger partial charge in [0.25, 0.3) is 0 Å². The van der Waals surface area contributed by atoms with Crippen molar-refractivity contribution >= 4 is 11.9 Å². The van der Waals surface area contributed by atoms with Gasteiger partial charge in [-0.3, -0.25) is 0 Å². The molecule has 1 N–H and O–H groups in total. The number of hydrogen-bond donors (Lipinski definition) is 1. The van der Waals surface area contributed by atoms with Gasteiger partial charge >= 0.3 is 6.01 Å². The van der Waals surface area contributed by atoms with E-state index in [9.17, 15) is 0 Å². The van der Waals surface area contributed by atoms with E-state index < -0.39 is 0 Å². The molecule has 0 aliphatic carbocycles. The van der Waals surface area contributed by atoms with Crippen LogP contribution in [0.25, 0.3) is 0 Å². The first-order valence-electron chi connectivity index (χ1n) is 6.33. The number of nitrogens with one attached hydrogen (secondary N) is 1. The summed E-state index contributed by atoms with van der Waals surface area (Å²) in [6.07, 6.45) is 0. The maximum absolute atomic E-state index is 8.95. The van der Waals surface area contributed by atoms with Crippen LogP contribution in [0.2, 0.25) is 0 Å². The van der Waals surface area contributed by atoms with E-state index in [0.29, 0.717) is 23.2 Å². The van der Waals surface area contributed by atoms with Crippen molar-refractivity contribution in [2.45, 2.75) is 6.92 Å². The van der Waals surface area contributed by atoms with Gasteiger partial charge in [0.05, 0.1) is 11.6 Å². The average molecular weight is 284 g/mol. The van der Waals surface area contributed by atoms with E-state index in [1.165, 1.54) is 0 Å². The van der Waals surface area contributed by atoms with Crippen LogP contribution < -0.4 is 15.0 Å². The summed E-state index contributed by atoms with van der Waals surface area (Å²) in [5.74, 6) is 1.45. The Kier molecular flexibility index (Phi) is 4.18. The molecule has 0 atom stereocenters. The second-order valence-corrected chi connectivity index (χ2v) is 4.58. The molecule has 0 spiro atoms. The van der Waals surface area contributed by atoms with Crippen LogP contribution in [0.15, 0.2) is 18.2 Å². The molecule has 1 heterocycles. The number of anilines is 2. The molecule has 0 bridgehead atoms. The van der Waals surface area contributed by atoms with Crippen LogP contribution in [0.4, 0.5) is 11.9 Å². The third-order valence-corrected chi connectivity index (χ3v) is 2.75. The minimum absolute atomic E-state index is 0.177. The number of benzene rings is 1. The summed E-state index contributed by atoms with van der Waals surface area (Å²) in [6, 6.07) is 7.47. The van der Waals surface area contributed by atoms with Gasteiger partial charge in [-0.2, -0.15) is 20.2 Å². The first kappa shape index (κ1) is 14.5. The molecule has 108 valence electrons. The highest BCUT2D eigenvalue weighted by Crippen LogP contribution is 2.25. The molecule has 0 radical (unpaired) electrons. The molecule has 1 aromatic carbocycles. The van der Waals surface area contributed by atoms with Crippen LogP contribution in [-0.4, -0.2) is 36.1 Å². The summed E-state index contributed by atoms with van der Waals surface area (Å²) >= 11 is 0. The van der Waals surface area contributed by atoms with E-state index in [0.717, 1.165) is 5.56 Å². The Morgan fingerprint density at radius 2 is 2.00 bits per heavy atom. The molecule has 0 fully saturated rings. The van der Waals surface area contributed by atoms with E-state index in [4.69, 9.17) is 10.00 Å². The van der Waals surface area contributed by atoms with Crippen molar-refractivity contribution in [1.82, 2.24) is 15.0 Å². The van der Waals surface area contributed by atoms with E-state index in [-0.39, 0.29) is 6.01 Å². The van der Waals surface area contributed by atoms with Crippen molar-refractivity contribution in [2.24, 2.45) is 0 Å². The smallest absolute Gasteiger partial charge is 0.328 e. The highest BCUT2D eigenvalue weighted by Gasteiger charge is 2.11. The zero-order valence-electron chi connectivity index (χ0n) is 12.4. The van der Waals surface area contributed by atoms with Crippen molar-refractivity contribution in [3.8, 4) is 17.8 Å². The molecule has 21 heavy (non-hydrogen) atoms. The fourth-order valence-corrected chi connectivity index (χ4v) is 1.58. The summed E-state index contributed by atoms with van der Waals surface area (Å²) in [6.45, 7) is 1.89. The predicted octanol–water partition coefficient (Wildman–Crippen LogP) is 1.95. The van der Waals surface area contributed by atoms with Crippen molar-refractivity contribution in [3.05, 3.63) is 29.3 Å². The fraction of sp³-hybridized carbons (Fsp3) is 0.286. The zero-order chi connectivity index (χ0) is 15.4. The zero-order valence-corrected chi connectivity index (χ0v) is 12.4. The van der Waals surface area contributed by atoms with Crippen LogP contribution >= 0.6 is 0 Å². The first-order valence-corrected chi connectivity index (χ1v) is 6.33. The Morgan fingerprint density at radius 1 is 1.24 bits per heavy atom. The Hall–Kier alpha value is -2.88. The third-order valence-electron chi connectivity index (χ3n) is 2.75. The Bertz CT molecular complexity index is 692. The van der Waals surface area contributed by atoms with Gasteiger partial charge in [-0.15, -0.1) is 0 Å². The predicted molar refractivity (Wildman–Crippen MR) is 79.7 cm³/mol.